The molecule has 0 fully saturated rings. The molecule has 0 unspecified atom stereocenters. The maximum absolute atomic E-state index is 12.9. The molecule has 2 aromatic carbocycles. The van der Waals surface area contributed by atoms with Gasteiger partial charge >= 0.3 is 6.18 Å². The minimum atomic E-state index is -4.42. The highest BCUT2D eigenvalue weighted by Crippen LogP contribution is 2.32. The number of halogens is 3. The van der Waals surface area contributed by atoms with E-state index in [9.17, 15) is 13.2 Å². The van der Waals surface area contributed by atoms with Crippen LogP contribution in [0.25, 0.3) is 33.4 Å². The van der Waals surface area contributed by atoms with Gasteiger partial charge in [-0.1, -0.05) is 30.3 Å². The topological polar surface area (TPSA) is 92.0 Å². The third kappa shape index (κ3) is 3.70. The molecule has 7 nitrogen and oxygen atoms in total. The van der Waals surface area contributed by atoms with Crippen molar-refractivity contribution in [2.24, 2.45) is 5.10 Å². The number of hydrazone groups is 1. The summed E-state index contributed by atoms with van der Waals surface area (Å²) < 4.78 is 44.3. The Morgan fingerprint density at radius 1 is 1.00 bits per heavy atom. The van der Waals surface area contributed by atoms with E-state index >= 15 is 0 Å². The molecule has 0 aliphatic rings. The molecule has 0 bridgehead atoms. The maximum atomic E-state index is 12.9. The van der Waals surface area contributed by atoms with Gasteiger partial charge in [-0.25, -0.2) is 5.43 Å². The predicted octanol–water partition coefficient (Wildman–Crippen LogP) is 5.23. The van der Waals surface area contributed by atoms with Gasteiger partial charge in [-0.05, 0) is 30.3 Å². The van der Waals surface area contributed by atoms with Crippen LogP contribution in [0.4, 0.5) is 19.1 Å². The van der Waals surface area contributed by atoms with E-state index in [1.165, 1.54) is 12.3 Å². The number of rotatable bonds is 4. The van der Waals surface area contributed by atoms with Gasteiger partial charge in [-0.2, -0.15) is 23.3 Å². The lowest BCUT2D eigenvalue weighted by molar-refractivity contribution is -0.137. The van der Waals surface area contributed by atoms with Crippen LogP contribution < -0.4 is 5.43 Å². The first-order valence-corrected chi connectivity index (χ1v) is 9.15. The van der Waals surface area contributed by atoms with Crippen molar-refractivity contribution < 1.29 is 17.6 Å². The number of fused-ring (bicyclic) bond motifs is 3. The van der Waals surface area contributed by atoms with Gasteiger partial charge in [-0.15, -0.1) is 10.2 Å². The van der Waals surface area contributed by atoms with Crippen LogP contribution in [0, 0.1) is 0 Å². The second-order valence-electron chi connectivity index (χ2n) is 6.65. The Bertz CT molecular complexity index is 1420. The summed E-state index contributed by atoms with van der Waals surface area (Å²) in [5, 5.41) is 13.1. The third-order valence-corrected chi connectivity index (χ3v) is 4.58. The van der Waals surface area contributed by atoms with Crippen molar-refractivity contribution >= 4 is 34.2 Å². The summed E-state index contributed by atoms with van der Waals surface area (Å²) in [5.41, 5.74) is 4.37. The molecule has 0 spiro atoms. The van der Waals surface area contributed by atoms with Crippen LogP contribution in [0.2, 0.25) is 0 Å². The molecule has 2 N–H and O–H groups in total. The molecule has 5 aromatic rings. The summed E-state index contributed by atoms with van der Waals surface area (Å²) in [4.78, 5) is 7.50. The molecule has 0 aliphatic heterocycles. The zero-order chi connectivity index (χ0) is 21.4. The van der Waals surface area contributed by atoms with Crippen molar-refractivity contribution in [2.75, 3.05) is 5.43 Å². The van der Waals surface area contributed by atoms with Crippen LogP contribution in [-0.2, 0) is 6.18 Å². The first-order valence-electron chi connectivity index (χ1n) is 9.15. The lowest BCUT2D eigenvalue weighted by Crippen LogP contribution is -2.04. The van der Waals surface area contributed by atoms with E-state index in [-0.39, 0.29) is 5.95 Å². The number of H-pyrrole nitrogens is 1. The van der Waals surface area contributed by atoms with Crippen molar-refractivity contribution in [3.8, 4) is 11.3 Å². The number of alkyl halides is 3. The normalized spacial score (nSPS) is 12.2. The SMILES string of the molecule is FC(F)(F)c1cccc(-c2ccc(/C=N\Nc3nnc4c(n3)[nH]c3ccccc34)o2)c1. The van der Waals surface area contributed by atoms with E-state index in [0.717, 1.165) is 23.0 Å². The van der Waals surface area contributed by atoms with Crippen molar-refractivity contribution in [2.45, 2.75) is 6.18 Å². The van der Waals surface area contributed by atoms with Crippen LogP contribution in [0.1, 0.15) is 11.3 Å². The van der Waals surface area contributed by atoms with Crippen LogP contribution in [0.5, 0.6) is 0 Å². The molecular formula is C21H13F3N6O. The highest BCUT2D eigenvalue weighted by molar-refractivity contribution is 6.03. The van der Waals surface area contributed by atoms with Crippen LogP contribution >= 0.6 is 0 Å². The minimum absolute atomic E-state index is 0.181. The third-order valence-electron chi connectivity index (χ3n) is 4.58. The average Bonchev–Trinajstić information content (AvgIpc) is 3.37. The standard InChI is InChI=1S/C21H13F3N6O/c22-21(23,24)13-5-3-4-12(10-13)17-9-8-14(31-17)11-25-29-20-27-19-18(28-30-20)15-6-1-2-7-16(15)26-19/h1-11H,(H2,26,27,29,30)/b25-11-. The number of nitrogens with one attached hydrogen (secondary N) is 2. The summed E-state index contributed by atoms with van der Waals surface area (Å²) in [6, 6.07) is 15.8. The number of aromatic amines is 1. The number of aromatic nitrogens is 4. The number of hydrogen-bond acceptors (Lipinski definition) is 6. The molecule has 10 heteroatoms. The van der Waals surface area contributed by atoms with E-state index in [2.05, 4.69) is 30.7 Å². The van der Waals surface area contributed by atoms with Crippen molar-refractivity contribution in [3.05, 3.63) is 72.0 Å². The number of anilines is 1. The van der Waals surface area contributed by atoms with Gasteiger partial charge in [0.15, 0.2) is 5.65 Å². The Morgan fingerprint density at radius 3 is 2.74 bits per heavy atom. The molecule has 154 valence electrons. The molecule has 31 heavy (non-hydrogen) atoms. The van der Waals surface area contributed by atoms with Gasteiger partial charge in [-0.3, -0.25) is 0 Å². The smallest absolute Gasteiger partial charge is 0.416 e. The largest absolute Gasteiger partial charge is 0.455 e. The minimum Gasteiger partial charge on any atom is -0.455 e. The molecular weight excluding hydrogens is 409 g/mol. The lowest BCUT2D eigenvalue weighted by atomic mass is 10.1. The van der Waals surface area contributed by atoms with E-state index in [1.54, 1.807) is 18.2 Å². The van der Waals surface area contributed by atoms with Crippen LogP contribution in [0.3, 0.4) is 0 Å². The number of hydrogen-bond donors (Lipinski definition) is 2. The maximum Gasteiger partial charge on any atom is 0.416 e. The highest BCUT2D eigenvalue weighted by Gasteiger charge is 2.30. The molecule has 5 rings (SSSR count). The fourth-order valence-corrected chi connectivity index (χ4v) is 3.15. The Kier molecular flexibility index (Phi) is 4.39. The molecule has 0 saturated carbocycles. The Labute approximate surface area is 172 Å². The molecule has 0 radical (unpaired) electrons. The van der Waals surface area contributed by atoms with E-state index in [0.29, 0.717) is 28.2 Å². The monoisotopic (exact) mass is 422 g/mol. The van der Waals surface area contributed by atoms with Crippen LogP contribution in [-0.4, -0.2) is 26.4 Å². The Hall–Kier alpha value is -4.21. The first-order chi connectivity index (χ1) is 15.0. The molecule has 3 aromatic heterocycles. The molecule has 0 atom stereocenters. The van der Waals surface area contributed by atoms with E-state index < -0.39 is 11.7 Å². The van der Waals surface area contributed by atoms with Crippen molar-refractivity contribution in [1.29, 1.82) is 0 Å². The van der Waals surface area contributed by atoms with Gasteiger partial charge in [0.05, 0.1) is 11.8 Å². The fraction of sp³-hybridized carbons (Fsp3) is 0.0476. The highest BCUT2D eigenvalue weighted by atomic mass is 19.4. The Balaban J connectivity index is 1.33. The first kappa shape index (κ1) is 18.8. The molecule has 0 amide bonds. The summed E-state index contributed by atoms with van der Waals surface area (Å²) in [6.07, 6.45) is -3.05. The van der Waals surface area contributed by atoms with E-state index in [4.69, 9.17) is 4.42 Å². The van der Waals surface area contributed by atoms with Crippen LogP contribution in [0.15, 0.2) is 70.2 Å². The van der Waals surface area contributed by atoms with Gasteiger partial charge in [0, 0.05) is 16.5 Å². The summed E-state index contributed by atoms with van der Waals surface area (Å²) in [6.45, 7) is 0. The van der Waals surface area contributed by atoms with Crippen molar-refractivity contribution in [1.82, 2.24) is 20.2 Å². The molecule has 3 heterocycles. The number of para-hydroxylation sites is 1. The zero-order valence-corrected chi connectivity index (χ0v) is 15.7. The Morgan fingerprint density at radius 2 is 1.87 bits per heavy atom. The van der Waals surface area contributed by atoms with E-state index in [1.807, 2.05) is 24.3 Å². The average molecular weight is 422 g/mol. The molecule has 0 saturated heterocycles. The second-order valence-corrected chi connectivity index (χ2v) is 6.65. The van der Waals surface area contributed by atoms with Gasteiger partial charge < -0.3 is 9.40 Å². The zero-order valence-electron chi connectivity index (χ0n) is 15.7. The quantitative estimate of drug-likeness (QED) is 0.306. The number of furan rings is 1. The second kappa shape index (κ2) is 7.24. The van der Waals surface area contributed by atoms with Gasteiger partial charge in [0.1, 0.15) is 17.0 Å². The summed E-state index contributed by atoms with van der Waals surface area (Å²) in [7, 11) is 0. The number of nitrogens with zero attached hydrogens (tertiary/aromatic N) is 4. The fourth-order valence-electron chi connectivity index (χ4n) is 3.15. The summed E-state index contributed by atoms with van der Waals surface area (Å²) in [5.74, 6) is 0.824. The van der Waals surface area contributed by atoms with Crippen molar-refractivity contribution in [3.63, 3.8) is 0 Å². The lowest BCUT2D eigenvalue weighted by Gasteiger charge is -2.07. The summed E-state index contributed by atoms with van der Waals surface area (Å²) >= 11 is 0. The predicted molar refractivity (Wildman–Crippen MR) is 110 cm³/mol. The van der Waals surface area contributed by atoms with Gasteiger partial charge in [0.25, 0.3) is 5.95 Å². The van der Waals surface area contributed by atoms with Gasteiger partial charge in [0.2, 0.25) is 0 Å². The molecule has 0 aliphatic carbocycles. The number of benzene rings is 2.